The van der Waals surface area contributed by atoms with Crippen LogP contribution in [-0.2, 0) is 17.6 Å². The first-order valence-corrected chi connectivity index (χ1v) is 10.3. The van der Waals surface area contributed by atoms with Gasteiger partial charge in [-0.1, -0.05) is 48.9 Å². The molecular formula is C23H20ClF3N2O4. The molecule has 1 aromatic heterocycles. The molecule has 0 saturated heterocycles. The molecule has 1 heterocycles. The lowest BCUT2D eigenvalue weighted by molar-refractivity contribution is -0.144. The lowest BCUT2D eigenvalue weighted by Gasteiger charge is -2.25. The smallest absolute Gasteiger partial charge is 0.433 e. The molecule has 3 rings (SSSR count). The second kappa shape index (κ2) is 9.27. The minimum absolute atomic E-state index is 0.000467. The molecule has 0 unspecified atom stereocenters. The fourth-order valence-corrected chi connectivity index (χ4v) is 3.35. The highest BCUT2D eigenvalue weighted by molar-refractivity contribution is 6.36. The summed E-state index contributed by atoms with van der Waals surface area (Å²) in [5.74, 6) is -1.80. The molecule has 0 radical (unpaired) electrons. The Balaban J connectivity index is 1.99. The highest BCUT2D eigenvalue weighted by atomic mass is 35.5. The van der Waals surface area contributed by atoms with E-state index >= 15 is 0 Å². The van der Waals surface area contributed by atoms with E-state index in [0.717, 1.165) is 12.3 Å². The van der Waals surface area contributed by atoms with Gasteiger partial charge in [0.1, 0.15) is 23.6 Å². The maximum Gasteiger partial charge on any atom is 0.433 e. The Morgan fingerprint density at radius 3 is 2.36 bits per heavy atom. The van der Waals surface area contributed by atoms with Gasteiger partial charge in [0, 0.05) is 27.6 Å². The summed E-state index contributed by atoms with van der Waals surface area (Å²) in [6.45, 7) is 2.82. The predicted molar refractivity (Wildman–Crippen MR) is 116 cm³/mol. The van der Waals surface area contributed by atoms with Crippen molar-refractivity contribution in [3.8, 4) is 5.75 Å². The summed E-state index contributed by atoms with van der Waals surface area (Å²) in [6, 6.07) is 10.3. The van der Waals surface area contributed by atoms with E-state index in [9.17, 15) is 27.9 Å². The van der Waals surface area contributed by atoms with Gasteiger partial charge >= 0.3 is 12.1 Å². The molecule has 0 spiro atoms. The maximum absolute atomic E-state index is 13.1. The van der Waals surface area contributed by atoms with E-state index in [4.69, 9.17) is 16.3 Å². The number of carboxylic acids is 1. The standard InChI is InChI=1S/C23H20ClF3N2O4/c1-3-22(2,21(31)32)29-20(30)16-10-17(24)14-6-4-5-7-15(14)19(16)33-12-13-8-9-18(28-11-13)23(25,26)27/h4-11H,3,12H2,1-2H3,(H,29,30)(H,31,32)/t22-/m1/s1. The number of hydrogen-bond acceptors (Lipinski definition) is 4. The first-order chi connectivity index (χ1) is 15.5. The zero-order chi connectivity index (χ0) is 24.4. The Labute approximate surface area is 192 Å². The normalized spacial score (nSPS) is 13.4. The van der Waals surface area contributed by atoms with Gasteiger partial charge < -0.3 is 15.2 Å². The quantitative estimate of drug-likeness (QED) is 0.468. The van der Waals surface area contributed by atoms with Crippen molar-refractivity contribution < 1.29 is 32.6 Å². The highest BCUT2D eigenvalue weighted by Crippen LogP contribution is 2.36. The summed E-state index contributed by atoms with van der Waals surface area (Å²) < 4.78 is 44.1. The van der Waals surface area contributed by atoms with Gasteiger partial charge in [0.2, 0.25) is 0 Å². The first-order valence-electron chi connectivity index (χ1n) is 9.88. The van der Waals surface area contributed by atoms with Crippen molar-refractivity contribution in [3.63, 3.8) is 0 Å². The monoisotopic (exact) mass is 480 g/mol. The Morgan fingerprint density at radius 2 is 1.82 bits per heavy atom. The highest BCUT2D eigenvalue weighted by Gasteiger charge is 2.34. The van der Waals surface area contributed by atoms with Crippen molar-refractivity contribution in [1.82, 2.24) is 10.3 Å². The van der Waals surface area contributed by atoms with Crippen LogP contribution in [0.2, 0.25) is 5.02 Å². The van der Waals surface area contributed by atoms with Gasteiger partial charge in [0.25, 0.3) is 5.91 Å². The van der Waals surface area contributed by atoms with Crippen molar-refractivity contribution in [3.05, 3.63) is 70.5 Å². The number of carbonyl (C=O) groups excluding carboxylic acids is 1. The molecular weight excluding hydrogens is 461 g/mol. The minimum atomic E-state index is -4.56. The van der Waals surface area contributed by atoms with Crippen molar-refractivity contribution >= 4 is 34.2 Å². The van der Waals surface area contributed by atoms with E-state index in [0.29, 0.717) is 16.3 Å². The Morgan fingerprint density at radius 1 is 1.15 bits per heavy atom. The van der Waals surface area contributed by atoms with E-state index in [1.165, 1.54) is 19.1 Å². The number of ether oxygens (including phenoxy) is 1. The number of hydrogen-bond donors (Lipinski definition) is 2. The number of nitrogens with one attached hydrogen (secondary N) is 1. The van der Waals surface area contributed by atoms with Gasteiger partial charge in [-0.2, -0.15) is 13.2 Å². The largest absolute Gasteiger partial charge is 0.487 e. The molecule has 33 heavy (non-hydrogen) atoms. The SMILES string of the molecule is CC[C@@](C)(NC(=O)c1cc(Cl)c2ccccc2c1OCc1ccc(C(F)(F)F)nc1)C(=O)O. The summed E-state index contributed by atoms with van der Waals surface area (Å²) >= 11 is 6.35. The van der Waals surface area contributed by atoms with Gasteiger partial charge in [-0.15, -0.1) is 0 Å². The van der Waals surface area contributed by atoms with E-state index in [-0.39, 0.29) is 29.4 Å². The molecule has 1 atom stereocenters. The maximum atomic E-state index is 13.1. The molecule has 0 bridgehead atoms. The van der Waals surface area contributed by atoms with Crippen LogP contribution in [0.4, 0.5) is 13.2 Å². The Hall–Kier alpha value is -3.33. The lowest BCUT2D eigenvalue weighted by Crippen LogP contribution is -2.51. The van der Waals surface area contributed by atoms with E-state index in [1.807, 2.05) is 0 Å². The van der Waals surface area contributed by atoms with Crippen LogP contribution in [0.5, 0.6) is 5.75 Å². The number of rotatable bonds is 7. The zero-order valence-corrected chi connectivity index (χ0v) is 18.4. The fraction of sp³-hybridized carbons (Fsp3) is 0.261. The number of fused-ring (bicyclic) bond motifs is 1. The van der Waals surface area contributed by atoms with Gasteiger partial charge in [0.15, 0.2) is 0 Å². The van der Waals surface area contributed by atoms with Gasteiger partial charge in [-0.05, 0) is 25.5 Å². The van der Waals surface area contributed by atoms with Crippen molar-refractivity contribution in [2.24, 2.45) is 0 Å². The van der Waals surface area contributed by atoms with Crippen LogP contribution in [0.3, 0.4) is 0 Å². The molecule has 2 aromatic carbocycles. The Bertz CT molecular complexity index is 1200. The number of aromatic nitrogens is 1. The van der Waals surface area contributed by atoms with Gasteiger partial charge in [-0.25, -0.2) is 4.79 Å². The topological polar surface area (TPSA) is 88.5 Å². The van der Waals surface area contributed by atoms with Crippen LogP contribution in [0.25, 0.3) is 10.8 Å². The van der Waals surface area contributed by atoms with Crippen LogP contribution in [0.1, 0.15) is 41.9 Å². The number of pyridine rings is 1. The number of benzene rings is 2. The average Bonchev–Trinajstić information content (AvgIpc) is 2.77. The third-order valence-corrected chi connectivity index (χ3v) is 5.57. The number of alkyl halides is 3. The molecule has 10 heteroatoms. The molecule has 0 aliphatic carbocycles. The minimum Gasteiger partial charge on any atom is -0.487 e. The molecule has 2 N–H and O–H groups in total. The van der Waals surface area contributed by atoms with Crippen LogP contribution in [0.15, 0.2) is 48.7 Å². The van der Waals surface area contributed by atoms with E-state index in [1.54, 1.807) is 31.2 Å². The summed E-state index contributed by atoms with van der Waals surface area (Å²) in [6.07, 6.45) is -3.39. The third kappa shape index (κ3) is 5.19. The molecule has 0 saturated carbocycles. The van der Waals surface area contributed by atoms with E-state index < -0.39 is 29.3 Å². The van der Waals surface area contributed by atoms with Crippen LogP contribution in [0, 0.1) is 0 Å². The molecule has 3 aromatic rings. The second-order valence-electron chi connectivity index (χ2n) is 7.56. The van der Waals surface area contributed by atoms with Crippen molar-refractivity contribution in [2.45, 2.75) is 38.6 Å². The Kier molecular flexibility index (Phi) is 6.83. The van der Waals surface area contributed by atoms with Crippen LogP contribution >= 0.6 is 11.6 Å². The summed E-state index contributed by atoms with van der Waals surface area (Å²) in [5.41, 5.74) is -2.21. The van der Waals surface area contributed by atoms with E-state index in [2.05, 4.69) is 10.3 Å². The van der Waals surface area contributed by atoms with Gasteiger partial charge in [-0.3, -0.25) is 9.78 Å². The molecule has 174 valence electrons. The summed E-state index contributed by atoms with van der Waals surface area (Å²) in [4.78, 5) is 28.1. The second-order valence-corrected chi connectivity index (χ2v) is 7.97. The molecule has 0 fully saturated rings. The van der Waals surface area contributed by atoms with Crippen LogP contribution < -0.4 is 10.1 Å². The zero-order valence-electron chi connectivity index (χ0n) is 17.7. The number of amides is 1. The molecule has 1 amide bonds. The number of nitrogens with zero attached hydrogens (tertiary/aromatic N) is 1. The van der Waals surface area contributed by atoms with Crippen molar-refractivity contribution in [1.29, 1.82) is 0 Å². The number of carboxylic acid groups (broad SMARTS) is 1. The molecule has 0 aliphatic rings. The summed E-state index contributed by atoms with van der Waals surface area (Å²) in [7, 11) is 0. The van der Waals surface area contributed by atoms with Gasteiger partial charge in [0.05, 0.1) is 5.56 Å². The average molecular weight is 481 g/mol. The summed E-state index contributed by atoms with van der Waals surface area (Å²) in [5, 5.41) is 13.3. The van der Waals surface area contributed by atoms with Crippen LogP contribution in [-0.4, -0.2) is 27.5 Å². The third-order valence-electron chi connectivity index (χ3n) is 5.26. The predicted octanol–water partition coefficient (Wildman–Crippen LogP) is 5.47. The lowest BCUT2D eigenvalue weighted by atomic mass is 9.97. The fourth-order valence-electron chi connectivity index (χ4n) is 3.07. The number of carbonyl (C=O) groups is 2. The first kappa shape index (κ1) is 24.3. The molecule has 0 aliphatic heterocycles. The molecule has 6 nitrogen and oxygen atoms in total. The number of halogens is 4. The number of aliphatic carboxylic acids is 1. The van der Waals surface area contributed by atoms with Crippen molar-refractivity contribution in [2.75, 3.05) is 0 Å².